The molecular formula is C11H11F4N. The van der Waals surface area contributed by atoms with Gasteiger partial charge in [0, 0.05) is 18.2 Å². The minimum Gasteiger partial charge on any atom is -0.310 e. The Morgan fingerprint density at radius 3 is 2.44 bits per heavy atom. The molecule has 0 unspecified atom stereocenters. The van der Waals surface area contributed by atoms with Crippen molar-refractivity contribution in [1.82, 2.24) is 5.32 Å². The van der Waals surface area contributed by atoms with E-state index in [0.29, 0.717) is 12.1 Å². The Kier molecular flexibility index (Phi) is 2.88. The quantitative estimate of drug-likeness (QED) is 0.791. The summed E-state index contributed by atoms with van der Waals surface area (Å²) in [5.41, 5.74) is -0.667. The summed E-state index contributed by atoms with van der Waals surface area (Å²) >= 11 is 0. The fraction of sp³-hybridized carbons (Fsp3) is 0.455. The molecule has 1 aromatic rings. The van der Waals surface area contributed by atoms with Gasteiger partial charge in [0.2, 0.25) is 0 Å². The molecule has 1 fully saturated rings. The number of hydrogen-bond acceptors (Lipinski definition) is 1. The van der Waals surface area contributed by atoms with Crippen LogP contribution in [-0.2, 0) is 12.7 Å². The van der Waals surface area contributed by atoms with Crippen molar-refractivity contribution in [2.45, 2.75) is 31.6 Å². The maximum absolute atomic E-state index is 13.3. The van der Waals surface area contributed by atoms with Gasteiger partial charge in [0.05, 0.1) is 5.56 Å². The average Bonchev–Trinajstić information content (AvgIpc) is 2.98. The first-order valence-electron chi connectivity index (χ1n) is 5.06. The molecule has 1 saturated carbocycles. The minimum absolute atomic E-state index is 0.278. The van der Waals surface area contributed by atoms with E-state index < -0.39 is 17.6 Å². The lowest BCUT2D eigenvalue weighted by molar-refractivity contribution is -0.137. The lowest BCUT2D eigenvalue weighted by Crippen LogP contribution is -2.16. The summed E-state index contributed by atoms with van der Waals surface area (Å²) in [5.74, 6) is -0.803. The molecule has 0 radical (unpaired) electrons. The second kappa shape index (κ2) is 4.05. The zero-order valence-electron chi connectivity index (χ0n) is 8.44. The highest BCUT2D eigenvalue weighted by molar-refractivity contribution is 5.26. The van der Waals surface area contributed by atoms with Crippen molar-refractivity contribution >= 4 is 0 Å². The standard InChI is InChI=1S/C11H11F4N/c12-10-5-8(11(13,14)15)2-1-7(10)6-16-9-3-4-9/h1-2,5,9,16H,3-4,6H2. The Labute approximate surface area is 90.5 Å². The van der Waals surface area contributed by atoms with Crippen molar-refractivity contribution in [1.29, 1.82) is 0 Å². The smallest absolute Gasteiger partial charge is 0.310 e. The molecule has 5 heteroatoms. The predicted molar refractivity (Wildman–Crippen MR) is 51.3 cm³/mol. The topological polar surface area (TPSA) is 12.0 Å². The summed E-state index contributed by atoms with van der Waals surface area (Å²) in [5, 5.41) is 3.05. The normalized spacial score (nSPS) is 16.5. The minimum atomic E-state index is -4.48. The van der Waals surface area contributed by atoms with Gasteiger partial charge in [-0.3, -0.25) is 0 Å². The molecule has 0 aromatic heterocycles. The third kappa shape index (κ3) is 2.72. The van der Waals surface area contributed by atoms with Crippen LogP contribution in [-0.4, -0.2) is 6.04 Å². The van der Waals surface area contributed by atoms with Crippen LogP contribution in [0, 0.1) is 5.82 Å². The molecule has 1 aliphatic rings. The molecule has 0 atom stereocenters. The maximum atomic E-state index is 13.3. The van der Waals surface area contributed by atoms with Gasteiger partial charge in [-0.05, 0) is 25.0 Å². The molecule has 0 amide bonds. The highest BCUT2D eigenvalue weighted by Crippen LogP contribution is 2.30. The zero-order valence-corrected chi connectivity index (χ0v) is 8.44. The molecule has 16 heavy (non-hydrogen) atoms. The van der Waals surface area contributed by atoms with Crippen LogP contribution >= 0.6 is 0 Å². The van der Waals surface area contributed by atoms with E-state index in [4.69, 9.17) is 0 Å². The maximum Gasteiger partial charge on any atom is 0.416 e. The van der Waals surface area contributed by atoms with Crippen molar-refractivity contribution in [3.63, 3.8) is 0 Å². The summed E-state index contributed by atoms with van der Waals surface area (Å²) < 4.78 is 50.0. The van der Waals surface area contributed by atoms with Crippen molar-refractivity contribution in [3.05, 3.63) is 35.1 Å². The van der Waals surface area contributed by atoms with Gasteiger partial charge in [0.25, 0.3) is 0 Å². The van der Waals surface area contributed by atoms with Crippen molar-refractivity contribution in [3.8, 4) is 0 Å². The van der Waals surface area contributed by atoms with E-state index in [-0.39, 0.29) is 12.1 Å². The van der Waals surface area contributed by atoms with Gasteiger partial charge >= 0.3 is 6.18 Å². The molecule has 1 N–H and O–H groups in total. The molecule has 1 aromatic carbocycles. The molecule has 0 spiro atoms. The third-order valence-electron chi connectivity index (χ3n) is 2.54. The summed E-state index contributed by atoms with van der Waals surface area (Å²) in [4.78, 5) is 0. The van der Waals surface area contributed by atoms with Crippen molar-refractivity contribution < 1.29 is 17.6 Å². The Hall–Kier alpha value is -1.10. The van der Waals surface area contributed by atoms with Crippen molar-refractivity contribution in [2.75, 3.05) is 0 Å². The highest BCUT2D eigenvalue weighted by Gasteiger charge is 2.31. The van der Waals surface area contributed by atoms with Crippen LogP contribution in [0.1, 0.15) is 24.0 Å². The van der Waals surface area contributed by atoms with Gasteiger partial charge in [-0.2, -0.15) is 13.2 Å². The number of hydrogen-bond donors (Lipinski definition) is 1. The van der Waals surface area contributed by atoms with Crippen LogP contribution in [0.5, 0.6) is 0 Å². The summed E-state index contributed by atoms with van der Waals surface area (Å²) in [7, 11) is 0. The van der Waals surface area contributed by atoms with Gasteiger partial charge in [0.1, 0.15) is 5.82 Å². The number of rotatable bonds is 3. The molecule has 0 saturated heterocycles. The fourth-order valence-corrected chi connectivity index (χ4v) is 1.41. The van der Waals surface area contributed by atoms with Crippen LogP contribution in [0.3, 0.4) is 0 Å². The van der Waals surface area contributed by atoms with E-state index in [2.05, 4.69) is 5.32 Å². The largest absolute Gasteiger partial charge is 0.416 e. The van der Waals surface area contributed by atoms with Gasteiger partial charge in [-0.15, -0.1) is 0 Å². The first kappa shape index (κ1) is 11.4. The van der Waals surface area contributed by atoms with E-state index >= 15 is 0 Å². The third-order valence-corrected chi connectivity index (χ3v) is 2.54. The Balaban J connectivity index is 2.09. The molecule has 88 valence electrons. The number of benzene rings is 1. The number of alkyl halides is 3. The van der Waals surface area contributed by atoms with E-state index in [1.165, 1.54) is 6.07 Å². The molecule has 1 aliphatic carbocycles. The first-order chi connectivity index (χ1) is 7.47. The van der Waals surface area contributed by atoms with Crippen LogP contribution < -0.4 is 5.32 Å². The monoisotopic (exact) mass is 233 g/mol. The lowest BCUT2D eigenvalue weighted by atomic mass is 10.1. The predicted octanol–water partition coefficient (Wildman–Crippen LogP) is 3.10. The second-order valence-electron chi connectivity index (χ2n) is 3.96. The average molecular weight is 233 g/mol. The molecule has 2 rings (SSSR count). The van der Waals surface area contributed by atoms with Crippen LogP contribution in [0.4, 0.5) is 17.6 Å². The molecular weight excluding hydrogens is 222 g/mol. The number of nitrogens with one attached hydrogen (secondary N) is 1. The zero-order chi connectivity index (χ0) is 11.8. The lowest BCUT2D eigenvalue weighted by Gasteiger charge is -2.09. The van der Waals surface area contributed by atoms with Crippen LogP contribution in [0.2, 0.25) is 0 Å². The van der Waals surface area contributed by atoms with Gasteiger partial charge in [-0.1, -0.05) is 6.07 Å². The first-order valence-corrected chi connectivity index (χ1v) is 5.06. The highest BCUT2D eigenvalue weighted by atomic mass is 19.4. The van der Waals surface area contributed by atoms with Crippen molar-refractivity contribution in [2.24, 2.45) is 0 Å². The summed E-state index contributed by atoms with van der Waals surface area (Å²) in [6, 6.07) is 3.05. The van der Waals surface area contributed by atoms with Gasteiger partial charge < -0.3 is 5.32 Å². The fourth-order valence-electron chi connectivity index (χ4n) is 1.41. The second-order valence-corrected chi connectivity index (χ2v) is 3.96. The van der Waals surface area contributed by atoms with E-state index in [9.17, 15) is 17.6 Å². The van der Waals surface area contributed by atoms with Crippen LogP contribution in [0.15, 0.2) is 18.2 Å². The SMILES string of the molecule is Fc1cc(C(F)(F)F)ccc1CNC1CC1. The Bertz CT molecular complexity index is 382. The molecule has 0 heterocycles. The van der Waals surface area contributed by atoms with Gasteiger partial charge in [-0.25, -0.2) is 4.39 Å². The van der Waals surface area contributed by atoms with E-state index in [1.807, 2.05) is 0 Å². The molecule has 0 bridgehead atoms. The van der Waals surface area contributed by atoms with Gasteiger partial charge in [0.15, 0.2) is 0 Å². The summed E-state index contributed by atoms with van der Waals surface area (Å²) in [6.45, 7) is 0.286. The molecule has 0 aliphatic heterocycles. The summed E-state index contributed by atoms with van der Waals surface area (Å²) in [6.07, 6.45) is -2.37. The molecule has 1 nitrogen and oxygen atoms in total. The van der Waals surface area contributed by atoms with Crippen LogP contribution in [0.25, 0.3) is 0 Å². The Morgan fingerprint density at radius 2 is 1.94 bits per heavy atom. The van der Waals surface area contributed by atoms with E-state index in [0.717, 1.165) is 18.9 Å². The number of halogens is 4. The Morgan fingerprint density at radius 1 is 1.25 bits per heavy atom. The van der Waals surface area contributed by atoms with E-state index in [1.54, 1.807) is 0 Å².